The molecule has 0 aromatic heterocycles. The minimum Gasteiger partial charge on any atom is -0.497 e. The molecule has 0 spiro atoms. The van der Waals surface area contributed by atoms with E-state index >= 15 is 0 Å². The summed E-state index contributed by atoms with van der Waals surface area (Å²) in [5.41, 5.74) is 1.66. The molecular weight excluding hydrogens is 413 g/mol. The molecule has 150 valence electrons. The first-order chi connectivity index (χ1) is 13.9. The van der Waals surface area contributed by atoms with Gasteiger partial charge in [-0.1, -0.05) is 0 Å². The van der Waals surface area contributed by atoms with Crippen LogP contribution in [0.4, 0.5) is 21.5 Å². The SMILES string of the molecule is COc1ccc(NS(=O)(=O)c2ccc(NC(=S)Nc3ccc(F)cc3)cc2)cc1. The highest BCUT2D eigenvalue weighted by molar-refractivity contribution is 7.92. The van der Waals surface area contributed by atoms with Crippen molar-refractivity contribution in [3.63, 3.8) is 0 Å². The number of nitrogens with one attached hydrogen (secondary N) is 3. The number of hydrogen-bond acceptors (Lipinski definition) is 4. The third-order valence-corrected chi connectivity index (χ3v) is 5.47. The molecule has 0 unspecified atom stereocenters. The maximum Gasteiger partial charge on any atom is 0.261 e. The zero-order valence-corrected chi connectivity index (χ0v) is 17.0. The molecule has 3 aromatic carbocycles. The Morgan fingerprint density at radius 2 is 1.31 bits per heavy atom. The molecule has 0 amide bonds. The average Bonchev–Trinajstić information content (AvgIpc) is 2.70. The third kappa shape index (κ3) is 5.66. The van der Waals surface area contributed by atoms with Crippen LogP contribution in [0.3, 0.4) is 0 Å². The van der Waals surface area contributed by atoms with E-state index in [1.165, 1.54) is 31.4 Å². The van der Waals surface area contributed by atoms with Crippen LogP contribution in [0, 0.1) is 5.82 Å². The predicted molar refractivity (Wildman–Crippen MR) is 116 cm³/mol. The Morgan fingerprint density at radius 3 is 1.83 bits per heavy atom. The van der Waals surface area contributed by atoms with Crippen LogP contribution in [0.15, 0.2) is 77.7 Å². The zero-order valence-electron chi connectivity index (χ0n) is 15.3. The summed E-state index contributed by atoms with van der Waals surface area (Å²) in [7, 11) is -2.20. The van der Waals surface area contributed by atoms with Gasteiger partial charge in [-0.25, -0.2) is 12.8 Å². The predicted octanol–water partition coefficient (Wildman–Crippen LogP) is 4.44. The number of halogens is 1. The first-order valence-corrected chi connectivity index (χ1v) is 10.4. The van der Waals surface area contributed by atoms with Gasteiger partial charge in [-0.3, -0.25) is 4.72 Å². The summed E-state index contributed by atoms with van der Waals surface area (Å²) in [6, 6.07) is 18.5. The lowest BCUT2D eigenvalue weighted by Crippen LogP contribution is -2.19. The van der Waals surface area contributed by atoms with Crippen LogP contribution in [0.5, 0.6) is 5.75 Å². The summed E-state index contributed by atoms with van der Waals surface area (Å²) in [6.07, 6.45) is 0. The fourth-order valence-corrected chi connectivity index (χ4v) is 3.71. The smallest absolute Gasteiger partial charge is 0.261 e. The fourth-order valence-electron chi connectivity index (χ4n) is 2.42. The summed E-state index contributed by atoms with van der Waals surface area (Å²) in [6.45, 7) is 0. The van der Waals surface area contributed by atoms with Crippen LogP contribution in [0.2, 0.25) is 0 Å². The Kier molecular flexibility index (Phi) is 6.30. The van der Waals surface area contributed by atoms with Crippen molar-refractivity contribution in [1.29, 1.82) is 0 Å². The van der Waals surface area contributed by atoms with Crippen molar-refractivity contribution in [3.05, 3.63) is 78.6 Å². The summed E-state index contributed by atoms with van der Waals surface area (Å²) in [5.74, 6) is 0.295. The van der Waals surface area contributed by atoms with Crippen molar-refractivity contribution >= 4 is 44.4 Å². The Bertz CT molecular complexity index is 1090. The van der Waals surface area contributed by atoms with Gasteiger partial charge in [0.1, 0.15) is 11.6 Å². The third-order valence-electron chi connectivity index (χ3n) is 3.87. The molecule has 0 radical (unpaired) electrons. The van der Waals surface area contributed by atoms with Gasteiger partial charge in [0.15, 0.2) is 5.11 Å². The van der Waals surface area contributed by atoms with E-state index in [0.29, 0.717) is 27.9 Å². The van der Waals surface area contributed by atoms with Gasteiger partial charge in [0.05, 0.1) is 12.0 Å². The highest BCUT2D eigenvalue weighted by atomic mass is 32.2. The highest BCUT2D eigenvalue weighted by Crippen LogP contribution is 2.20. The molecule has 0 saturated heterocycles. The topological polar surface area (TPSA) is 79.5 Å². The fraction of sp³-hybridized carbons (Fsp3) is 0.0500. The zero-order chi connectivity index (χ0) is 20.9. The summed E-state index contributed by atoms with van der Waals surface area (Å²) < 4.78 is 45.6. The number of benzene rings is 3. The lowest BCUT2D eigenvalue weighted by atomic mass is 10.3. The first kappa shape index (κ1) is 20.6. The van der Waals surface area contributed by atoms with Crippen LogP contribution < -0.4 is 20.1 Å². The van der Waals surface area contributed by atoms with Crippen LogP contribution >= 0.6 is 12.2 Å². The molecule has 0 fully saturated rings. The summed E-state index contributed by atoms with van der Waals surface area (Å²) in [5, 5.41) is 6.16. The van der Waals surface area contributed by atoms with Gasteiger partial charge >= 0.3 is 0 Å². The molecule has 0 bridgehead atoms. The lowest BCUT2D eigenvalue weighted by molar-refractivity contribution is 0.415. The maximum atomic E-state index is 12.9. The molecule has 0 aliphatic heterocycles. The molecule has 0 aliphatic rings. The number of thiocarbonyl (C=S) groups is 1. The molecule has 0 atom stereocenters. The standard InChI is InChI=1S/C20H18FN3O3S2/c1-27-18-10-6-17(7-11-18)24-29(25,26)19-12-8-16(9-13-19)23-20(28)22-15-4-2-14(21)3-5-15/h2-13,24H,1H3,(H2,22,23,28). The molecule has 29 heavy (non-hydrogen) atoms. The number of sulfonamides is 1. The van der Waals surface area contributed by atoms with E-state index < -0.39 is 10.0 Å². The van der Waals surface area contributed by atoms with Crippen molar-refractivity contribution in [1.82, 2.24) is 0 Å². The van der Waals surface area contributed by atoms with E-state index in [9.17, 15) is 12.8 Å². The number of rotatable bonds is 6. The van der Waals surface area contributed by atoms with Crippen molar-refractivity contribution < 1.29 is 17.5 Å². The van der Waals surface area contributed by atoms with E-state index in [-0.39, 0.29) is 10.7 Å². The van der Waals surface area contributed by atoms with E-state index in [1.54, 1.807) is 48.5 Å². The molecule has 3 aromatic rings. The second kappa shape index (κ2) is 8.89. The van der Waals surface area contributed by atoms with E-state index in [1.807, 2.05) is 0 Å². The maximum absolute atomic E-state index is 12.9. The van der Waals surface area contributed by atoms with E-state index in [2.05, 4.69) is 15.4 Å². The van der Waals surface area contributed by atoms with Crippen molar-refractivity contribution in [2.24, 2.45) is 0 Å². The Labute approximate surface area is 173 Å². The number of anilines is 3. The molecular formula is C20H18FN3O3S2. The van der Waals surface area contributed by atoms with Crippen LogP contribution in [-0.4, -0.2) is 20.6 Å². The summed E-state index contributed by atoms with van der Waals surface area (Å²) in [4.78, 5) is 0.108. The second-order valence-corrected chi connectivity index (χ2v) is 8.04. The second-order valence-electron chi connectivity index (χ2n) is 5.94. The minimum atomic E-state index is -3.73. The normalized spacial score (nSPS) is 10.8. The van der Waals surface area contributed by atoms with Gasteiger partial charge < -0.3 is 15.4 Å². The van der Waals surface area contributed by atoms with E-state index in [0.717, 1.165) is 0 Å². The molecule has 3 rings (SSSR count). The van der Waals surface area contributed by atoms with Gasteiger partial charge in [-0.05, 0) is 85.0 Å². The Morgan fingerprint density at radius 1 is 0.828 bits per heavy atom. The number of methoxy groups -OCH3 is 1. The Balaban J connectivity index is 1.63. The van der Waals surface area contributed by atoms with Crippen LogP contribution in [-0.2, 0) is 10.0 Å². The largest absolute Gasteiger partial charge is 0.497 e. The molecule has 3 N–H and O–H groups in total. The van der Waals surface area contributed by atoms with Gasteiger partial charge in [-0.2, -0.15) is 0 Å². The molecule has 6 nitrogen and oxygen atoms in total. The van der Waals surface area contributed by atoms with Crippen molar-refractivity contribution in [2.45, 2.75) is 4.90 Å². The minimum absolute atomic E-state index is 0.108. The van der Waals surface area contributed by atoms with Gasteiger partial charge in [-0.15, -0.1) is 0 Å². The molecule has 0 heterocycles. The van der Waals surface area contributed by atoms with Crippen molar-refractivity contribution in [2.75, 3.05) is 22.5 Å². The van der Waals surface area contributed by atoms with Crippen molar-refractivity contribution in [3.8, 4) is 5.75 Å². The van der Waals surface area contributed by atoms with E-state index in [4.69, 9.17) is 17.0 Å². The lowest BCUT2D eigenvalue weighted by Gasteiger charge is -2.12. The van der Waals surface area contributed by atoms with Crippen LogP contribution in [0.25, 0.3) is 0 Å². The number of ether oxygens (including phenoxy) is 1. The van der Waals surface area contributed by atoms with Gasteiger partial charge in [0.25, 0.3) is 10.0 Å². The number of hydrogen-bond donors (Lipinski definition) is 3. The van der Waals surface area contributed by atoms with Crippen LogP contribution in [0.1, 0.15) is 0 Å². The highest BCUT2D eigenvalue weighted by Gasteiger charge is 2.14. The average molecular weight is 432 g/mol. The molecule has 9 heteroatoms. The van der Waals surface area contributed by atoms with Gasteiger partial charge in [0, 0.05) is 17.1 Å². The first-order valence-electron chi connectivity index (χ1n) is 8.46. The quantitative estimate of drug-likeness (QED) is 0.501. The summed E-state index contributed by atoms with van der Waals surface area (Å²) >= 11 is 5.21. The monoisotopic (exact) mass is 431 g/mol. The Hall–Kier alpha value is -3.17. The molecule has 0 saturated carbocycles. The molecule has 0 aliphatic carbocycles. The van der Waals surface area contributed by atoms with Gasteiger partial charge in [0.2, 0.25) is 0 Å².